The zero-order valence-corrected chi connectivity index (χ0v) is 16.9. The molecule has 1 atom stereocenters. The summed E-state index contributed by atoms with van der Waals surface area (Å²) in [5.74, 6) is 0.169. The Morgan fingerprint density at radius 2 is 2.15 bits per heavy atom. The fraction of sp³-hybridized carbons (Fsp3) is 0.389. The van der Waals surface area contributed by atoms with E-state index >= 15 is 0 Å². The summed E-state index contributed by atoms with van der Waals surface area (Å²) in [6.45, 7) is 2.24. The topological polar surface area (TPSA) is 68.2 Å². The van der Waals surface area contributed by atoms with E-state index in [0.717, 1.165) is 10.0 Å². The first-order valence-electron chi connectivity index (χ1n) is 8.19. The zero-order valence-electron chi connectivity index (χ0n) is 14.5. The van der Waals surface area contributed by atoms with Crippen molar-refractivity contribution in [1.29, 1.82) is 0 Å². The lowest BCUT2D eigenvalue weighted by Gasteiger charge is -2.39. The van der Waals surface area contributed by atoms with Gasteiger partial charge in [0.05, 0.1) is 23.9 Å². The van der Waals surface area contributed by atoms with E-state index in [1.165, 1.54) is 11.8 Å². The molecular formula is C18H19BrN2O4S. The van der Waals surface area contributed by atoms with E-state index < -0.39 is 12.0 Å². The second-order valence-corrected chi connectivity index (χ2v) is 7.72. The van der Waals surface area contributed by atoms with Gasteiger partial charge in [-0.2, -0.15) is 0 Å². The van der Waals surface area contributed by atoms with E-state index in [2.05, 4.69) is 20.9 Å². The molecule has 2 aliphatic rings. The lowest BCUT2D eigenvalue weighted by atomic mass is 9.94. The molecule has 3 rings (SSSR count). The quantitative estimate of drug-likeness (QED) is 0.521. The van der Waals surface area contributed by atoms with Crippen LogP contribution in [0.1, 0.15) is 24.9 Å². The molecule has 0 N–H and O–H groups in total. The third kappa shape index (κ3) is 3.72. The Balaban J connectivity index is 2.07. The van der Waals surface area contributed by atoms with Gasteiger partial charge in [0.1, 0.15) is 6.61 Å². The van der Waals surface area contributed by atoms with Crippen molar-refractivity contribution in [3.05, 3.63) is 45.6 Å². The van der Waals surface area contributed by atoms with Crippen molar-refractivity contribution >= 4 is 44.7 Å². The van der Waals surface area contributed by atoms with Crippen LogP contribution in [0.4, 0.5) is 0 Å². The number of fused-ring (bicyclic) bond motifs is 1. The number of nitrogens with zero attached hydrogens (tertiary/aromatic N) is 2. The number of methoxy groups -OCH3 is 1. The number of ether oxygens (including phenoxy) is 2. The van der Waals surface area contributed by atoms with Crippen molar-refractivity contribution < 1.29 is 19.1 Å². The Morgan fingerprint density at radius 3 is 2.88 bits per heavy atom. The van der Waals surface area contributed by atoms with Gasteiger partial charge in [-0.3, -0.25) is 9.69 Å². The van der Waals surface area contributed by atoms with Crippen LogP contribution < -0.4 is 0 Å². The number of esters is 1. The van der Waals surface area contributed by atoms with Gasteiger partial charge in [-0.05, 0) is 18.6 Å². The molecule has 8 heteroatoms. The van der Waals surface area contributed by atoms with Crippen molar-refractivity contribution in [2.75, 3.05) is 26.1 Å². The number of thioether (sulfide) groups is 1. The van der Waals surface area contributed by atoms with Crippen LogP contribution in [0.15, 0.2) is 45.0 Å². The fourth-order valence-corrected chi connectivity index (χ4v) is 4.45. The Kier molecular flexibility index (Phi) is 6.16. The second-order valence-electron chi connectivity index (χ2n) is 5.81. The minimum atomic E-state index is -0.562. The first-order chi connectivity index (χ1) is 12.5. The fourth-order valence-electron chi connectivity index (χ4n) is 2.94. The van der Waals surface area contributed by atoms with E-state index in [4.69, 9.17) is 9.47 Å². The summed E-state index contributed by atoms with van der Waals surface area (Å²) in [7, 11) is 1.54. The average molecular weight is 439 g/mol. The molecule has 1 aromatic rings. The maximum Gasteiger partial charge on any atom is 0.338 e. The predicted molar refractivity (Wildman–Crippen MR) is 104 cm³/mol. The van der Waals surface area contributed by atoms with Crippen LogP contribution in [-0.4, -0.2) is 48.0 Å². The Bertz CT molecular complexity index is 793. The normalized spacial score (nSPS) is 20.0. The molecule has 0 saturated carbocycles. The van der Waals surface area contributed by atoms with Crippen molar-refractivity contribution in [1.82, 2.24) is 4.90 Å². The minimum absolute atomic E-state index is 0.0436. The van der Waals surface area contributed by atoms with Gasteiger partial charge in [-0.25, -0.2) is 9.79 Å². The number of rotatable bonds is 5. The Hall–Kier alpha value is -1.64. The van der Waals surface area contributed by atoms with Crippen molar-refractivity contribution in [3.8, 4) is 0 Å². The van der Waals surface area contributed by atoms with Crippen LogP contribution in [0.25, 0.3) is 0 Å². The number of aliphatic imine (C=N–C) groups is 1. The smallest absolute Gasteiger partial charge is 0.338 e. The van der Waals surface area contributed by atoms with Gasteiger partial charge in [0.2, 0.25) is 5.91 Å². The monoisotopic (exact) mass is 438 g/mol. The molecule has 138 valence electrons. The molecule has 1 saturated heterocycles. The molecule has 1 aromatic carbocycles. The molecule has 2 aliphatic heterocycles. The summed E-state index contributed by atoms with van der Waals surface area (Å²) in [6.07, 6.45) is 0.412. The van der Waals surface area contributed by atoms with Crippen LogP contribution >= 0.6 is 27.7 Å². The predicted octanol–water partition coefficient (Wildman–Crippen LogP) is 3.29. The van der Waals surface area contributed by atoms with Crippen LogP contribution in [0.3, 0.4) is 0 Å². The largest absolute Gasteiger partial charge is 0.460 e. The molecule has 6 nitrogen and oxygen atoms in total. The molecule has 1 fully saturated rings. The highest BCUT2D eigenvalue weighted by atomic mass is 79.9. The molecule has 0 aromatic heterocycles. The highest BCUT2D eigenvalue weighted by Crippen LogP contribution is 2.42. The van der Waals surface area contributed by atoms with Crippen LogP contribution in [-0.2, 0) is 19.1 Å². The summed E-state index contributed by atoms with van der Waals surface area (Å²) in [4.78, 5) is 31.6. The van der Waals surface area contributed by atoms with Gasteiger partial charge >= 0.3 is 5.97 Å². The number of carbonyl (C=O) groups excluding carboxylic acids is 2. The number of allylic oxidation sites excluding steroid dienone is 1. The van der Waals surface area contributed by atoms with Gasteiger partial charge in [0.25, 0.3) is 0 Å². The van der Waals surface area contributed by atoms with Gasteiger partial charge in [-0.1, -0.05) is 45.9 Å². The van der Waals surface area contributed by atoms with Gasteiger partial charge in [-0.15, -0.1) is 0 Å². The highest BCUT2D eigenvalue weighted by Gasteiger charge is 2.42. The summed E-state index contributed by atoms with van der Waals surface area (Å²) in [6, 6.07) is 7.01. The zero-order chi connectivity index (χ0) is 18.7. The van der Waals surface area contributed by atoms with E-state index in [1.807, 2.05) is 24.3 Å². The van der Waals surface area contributed by atoms with E-state index in [1.54, 1.807) is 18.9 Å². The number of hydrogen-bond donors (Lipinski definition) is 0. The molecule has 0 spiro atoms. The Morgan fingerprint density at radius 1 is 1.38 bits per heavy atom. The van der Waals surface area contributed by atoms with Crippen molar-refractivity contribution in [3.63, 3.8) is 0 Å². The molecular weight excluding hydrogens is 420 g/mol. The van der Waals surface area contributed by atoms with Crippen LogP contribution in [0.5, 0.6) is 0 Å². The summed E-state index contributed by atoms with van der Waals surface area (Å²) in [5.41, 5.74) is 1.78. The van der Waals surface area contributed by atoms with Crippen molar-refractivity contribution in [2.24, 2.45) is 4.99 Å². The first kappa shape index (κ1) is 19.1. The summed E-state index contributed by atoms with van der Waals surface area (Å²) in [5, 5.41) is 0.632. The maximum atomic E-state index is 12.8. The third-order valence-corrected chi connectivity index (χ3v) is 5.82. The number of halogens is 1. The van der Waals surface area contributed by atoms with E-state index in [0.29, 0.717) is 35.2 Å². The minimum Gasteiger partial charge on any atom is -0.460 e. The molecule has 0 radical (unpaired) electrons. The number of hydrogen-bond acceptors (Lipinski definition) is 6. The maximum absolute atomic E-state index is 12.8. The molecule has 0 unspecified atom stereocenters. The third-order valence-electron chi connectivity index (χ3n) is 4.15. The van der Waals surface area contributed by atoms with Crippen molar-refractivity contribution in [2.45, 2.75) is 19.4 Å². The molecule has 26 heavy (non-hydrogen) atoms. The van der Waals surface area contributed by atoms with Crippen LogP contribution in [0.2, 0.25) is 0 Å². The van der Waals surface area contributed by atoms with E-state index in [-0.39, 0.29) is 12.5 Å². The van der Waals surface area contributed by atoms with E-state index in [9.17, 15) is 9.59 Å². The standard InChI is InChI=1S/C18H19BrN2O4S/c1-11-15(17(23)25-9-8-24-2)16(12-5-3-4-6-13(12)19)21-14(22)7-10-26-18(21)20-11/h3-6,16H,7-10H2,1-2H3/t16-/m0/s1. The number of amidine groups is 1. The molecule has 0 aliphatic carbocycles. The van der Waals surface area contributed by atoms with Crippen LogP contribution in [0, 0.1) is 0 Å². The lowest BCUT2D eigenvalue weighted by Crippen LogP contribution is -2.46. The second kappa shape index (κ2) is 8.37. The first-order valence-corrected chi connectivity index (χ1v) is 9.97. The molecule has 1 amide bonds. The number of carbonyl (C=O) groups is 2. The summed E-state index contributed by atoms with van der Waals surface area (Å²) < 4.78 is 11.1. The molecule has 2 heterocycles. The highest BCUT2D eigenvalue weighted by molar-refractivity contribution is 9.10. The summed E-state index contributed by atoms with van der Waals surface area (Å²) >= 11 is 5.08. The SMILES string of the molecule is COCCOC(=O)C1=C(C)N=C2SCCC(=O)N2[C@H]1c1ccccc1Br. The van der Waals surface area contributed by atoms with Gasteiger partial charge in [0, 0.05) is 23.8 Å². The average Bonchev–Trinajstić information content (AvgIpc) is 2.61. The number of amides is 1. The van der Waals surface area contributed by atoms with Gasteiger partial charge in [0.15, 0.2) is 5.17 Å². The molecule has 0 bridgehead atoms. The Labute approximate surface area is 164 Å². The number of benzene rings is 1. The lowest BCUT2D eigenvalue weighted by molar-refractivity contribution is -0.141. The van der Waals surface area contributed by atoms with Gasteiger partial charge < -0.3 is 9.47 Å².